The van der Waals surface area contributed by atoms with Gasteiger partial charge in [0.05, 0.1) is 12.8 Å². The van der Waals surface area contributed by atoms with Gasteiger partial charge in [0.1, 0.15) is 17.5 Å². The van der Waals surface area contributed by atoms with Gasteiger partial charge in [0.2, 0.25) is 6.10 Å². The quantitative estimate of drug-likeness (QED) is 0.363. The van der Waals surface area contributed by atoms with Crippen molar-refractivity contribution in [3.63, 3.8) is 0 Å². The van der Waals surface area contributed by atoms with Gasteiger partial charge in [0, 0.05) is 15.8 Å². The average molecular weight is 430 g/mol. The molecule has 1 aliphatic heterocycles. The van der Waals surface area contributed by atoms with Gasteiger partial charge in [-0.25, -0.2) is 0 Å². The lowest BCUT2D eigenvalue weighted by Crippen LogP contribution is -2.61. The second kappa shape index (κ2) is 7.97. The molecule has 4 aromatic rings. The number of carbonyl (C=O) groups is 1. The Labute approximate surface area is 185 Å². The highest BCUT2D eigenvalue weighted by molar-refractivity contribution is 6.30. The number of fused-ring (bicyclic) bond motifs is 1. The van der Waals surface area contributed by atoms with Crippen molar-refractivity contribution in [3.05, 3.63) is 102 Å². The van der Waals surface area contributed by atoms with Crippen LogP contribution in [0.4, 0.5) is 5.69 Å². The number of nitrogens with zero attached hydrogens (tertiary/aromatic N) is 1. The summed E-state index contributed by atoms with van der Waals surface area (Å²) in [5.74, 6) is 1.35. The topological polar surface area (TPSA) is 38.8 Å². The largest absolute Gasteiger partial charge is 0.496 e. The number of amides is 1. The van der Waals surface area contributed by atoms with Crippen LogP contribution in [0.1, 0.15) is 11.6 Å². The smallest absolute Gasteiger partial charge is 0.271 e. The molecule has 1 heterocycles. The molecule has 0 aromatic heterocycles. The molecule has 0 unspecified atom stereocenters. The molecular weight excluding hydrogens is 410 g/mol. The maximum absolute atomic E-state index is 13.4. The van der Waals surface area contributed by atoms with E-state index in [4.69, 9.17) is 21.1 Å². The fourth-order valence-corrected chi connectivity index (χ4v) is 4.24. The van der Waals surface area contributed by atoms with E-state index in [1.165, 1.54) is 0 Å². The number of anilines is 1. The molecule has 1 aliphatic rings. The Kier molecular flexibility index (Phi) is 5.00. The molecule has 0 N–H and O–H groups in total. The molecule has 4 nitrogen and oxygen atoms in total. The molecule has 5 heteroatoms. The van der Waals surface area contributed by atoms with Crippen molar-refractivity contribution < 1.29 is 14.3 Å². The average Bonchev–Trinajstić information content (AvgIpc) is 2.82. The number of para-hydroxylation sites is 1. The molecule has 0 bridgehead atoms. The van der Waals surface area contributed by atoms with Crippen molar-refractivity contribution in [3.8, 4) is 11.5 Å². The lowest BCUT2D eigenvalue weighted by molar-refractivity contribution is -0.135. The van der Waals surface area contributed by atoms with Gasteiger partial charge in [0.15, 0.2) is 0 Å². The van der Waals surface area contributed by atoms with Crippen molar-refractivity contribution >= 4 is 34.0 Å². The van der Waals surface area contributed by atoms with E-state index in [1.807, 2.05) is 91.0 Å². The summed E-state index contributed by atoms with van der Waals surface area (Å²) in [5.41, 5.74) is 1.79. The third kappa shape index (κ3) is 3.39. The van der Waals surface area contributed by atoms with Crippen LogP contribution in [0.5, 0.6) is 11.5 Å². The number of methoxy groups -OCH3 is 1. The van der Waals surface area contributed by atoms with Gasteiger partial charge in [-0.1, -0.05) is 66.2 Å². The van der Waals surface area contributed by atoms with E-state index >= 15 is 0 Å². The van der Waals surface area contributed by atoms with Gasteiger partial charge < -0.3 is 9.47 Å². The van der Waals surface area contributed by atoms with Crippen molar-refractivity contribution in [1.82, 2.24) is 0 Å². The van der Waals surface area contributed by atoms with Crippen LogP contribution in [0, 0.1) is 0 Å². The summed E-state index contributed by atoms with van der Waals surface area (Å²) in [6, 6.07) is 28.5. The van der Waals surface area contributed by atoms with Crippen molar-refractivity contribution in [2.45, 2.75) is 12.1 Å². The molecule has 0 radical (unpaired) electrons. The normalized spacial score (nSPS) is 18.0. The van der Waals surface area contributed by atoms with E-state index in [0.29, 0.717) is 10.8 Å². The Morgan fingerprint density at radius 1 is 0.806 bits per heavy atom. The summed E-state index contributed by atoms with van der Waals surface area (Å²) in [6.07, 6.45) is -0.621. The lowest BCUT2D eigenvalue weighted by Gasteiger charge is -2.47. The Morgan fingerprint density at radius 2 is 1.48 bits per heavy atom. The molecule has 1 amide bonds. The second-order valence-electron chi connectivity index (χ2n) is 7.39. The van der Waals surface area contributed by atoms with Crippen LogP contribution in [0.3, 0.4) is 0 Å². The van der Waals surface area contributed by atoms with E-state index in [0.717, 1.165) is 27.8 Å². The van der Waals surface area contributed by atoms with Crippen LogP contribution in [0.25, 0.3) is 10.8 Å². The Balaban J connectivity index is 1.60. The molecule has 0 aliphatic carbocycles. The number of carbonyl (C=O) groups excluding carboxylic acids is 1. The van der Waals surface area contributed by atoms with Gasteiger partial charge in [-0.15, -0.1) is 0 Å². The first kappa shape index (κ1) is 19.5. The predicted octanol–water partition coefficient (Wildman–Crippen LogP) is 6.04. The highest BCUT2D eigenvalue weighted by Crippen LogP contribution is 2.45. The molecule has 1 saturated heterocycles. The van der Waals surface area contributed by atoms with Crippen LogP contribution in [0.15, 0.2) is 91.0 Å². The first-order valence-corrected chi connectivity index (χ1v) is 10.4. The summed E-state index contributed by atoms with van der Waals surface area (Å²) >= 11 is 6.11. The number of hydrogen-bond acceptors (Lipinski definition) is 3. The van der Waals surface area contributed by atoms with Crippen LogP contribution in [-0.4, -0.2) is 19.1 Å². The number of halogens is 1. The Morgan fingerprint density at radius 3 is 2.19 bits per heavy atom. The highest BCUT2D eigenvalue weighted by atomic mass is 35.5. The van der Waals surface area contributed by atoms with Crippen LogP contribution in [-0.2, 0) is 4.79 Å². The molecule has 4 aromatic carbocycles. The monoisotopic (exact) mass is 429 g/mol. The first-order valence-electron chi connectivity index (χ1n) is 10.0. The van der Waals surface area contributed by atoms with Gasteiger partial charge in [-0.05, 0) is 42.0 Å². The molecule has 154 valence electrons. The minimum absolute atomic E-state index is 0.0841. The van der Waals surface area contributed by atoms with E-state index < -0.39 is 6.10 Å². The lowest BCUT2D eigenvalue weighted by atomic mass is 9.88. The van der Waals surface area contributed by atoms with E-state index in [2.05, 4.69) is 0 Å². The molecule has 5 rings (SSSR count). The highest BCUT2D eigenvalue weighted by Gasteiger charge is 2.51. The zero-order chi connectivity index (χ0) is 21.4. The van der Waals surface area contributed by atoms with E-state index in [-0.39, 0.29) is 11.9 Å². The van der Waals surface area contributed by atoms with Gasteiger partial charge in [-0.2, -0.15) is 0 Å². The van der Waals surface area contributed by atoms with Gasteiger partial charge in [0.25, 0.3) is 5.91 Å². The minimum Gasteiger partial charge on any atom is -0.496 e. The van der Waals surface area contributed by atoms with E-state index in [9.17, 15) is 4.79 Å². The summed E-state index contributed by atoms with van der Waals surface area (Å²) < 4.78 is 11.6. The van der Waals surface area contributed by atoms with Crippen molar-refractivity contribution in [2.75, 3.05) is 12.0 Å². The summed E-state index contributed by atoms with van der Waals surface area (Å²) in [5, 5.41) is 2.56. The maximum atomic E-state index is 13.4. The predicted molar refractivity (Wildman–Crippen MR) is 123 cm³/mol. The molecule has 31 heavy (non-hydrogen) atoms. The number of β-lactam (4-membered cyclic amide) rings is 1. The summed E-state index contributed by atoms with van der Waals surface area (Å²) in [4.78, 5) is 15.2. The van der Waals surface area contributed by atoms with Gasteiger partial charge >= 0.3 is 0 Å². The van der Waals surface area contributed by atoms with Crippen molar-refractivity contribution in [1.29, 1.82) is 0 Å². The molecule has 2 atom stereocenters. The number of ether oxygens (including phenoxy) is 2. The Bertz CT molecular complexity index is 1240. The zero-order valence-electron chi connectivity index (χ0n) is 16.9. The third-order valence-corrected chi connectivity index (χ3v) is 5.86. The standard InChI is InChI=1S/C26H20ClNO3/c1-30-23-16-15-22(20-9-5-6-10-21(20)23)28-24(17-11-13-18(27)14-12-17)25(26(28)29)31-19-7-3-2-4-8-19/h2-16,24-25H,1H3/t24-,25+/m1/s1. The fraction of sp³-hybridized carbons (Fsp3) is 0.115. The summed E-state index contributed by atoms with van der Waals surface area (Å²) in [7, 11) is 1.65. The SMILES string of the molecule is COc1ccc(N2C(=O)[C@@H](Oc3ccccc3)[C@H]2c2ccc(Cl)cc2)c2ccccc12. The molecule has 0 saturated carbocycles. The number of benzene rings is 4. The van der Waals surface area contributed by atoms with Crippen LogP contribution >= 0.6 is 11.6 Å². The number of rotatable bonds is 5. The van der Waals surface area contributed by atoms with Crippen molar-refractivity contribution in [2.24, 2.45) is 0 Å². The van der Waals surface area contributed by atoms with Crippen LogP contribution < -0.4 is 14.4 Å². The van der Waals surface area contributed by atoms with Gasteiger partial charge in [-0.3, -0.25) is 9.69 Å². The fourth-order valence-electron chi connectivity index (χ4n) is 4.12. The molecule has 0 spiro atoms. The zero-order valence-corrected chi connectivity index (χ0v) is 17.6. The Hall–Kier alpha value is -3.50. The van der Waals surface area contributed by atoms with E-state index in [1.54, 1.807) is 12.0 Å². The second-order valence-corrected chi connectivity index (χ2v) is 7.83. The third-order valence-electron chi connectivity index (χ3n) is 5.60. The minimum atomic E-state index is -0.621. The first-order chi connectivity index (χ1) is 15.2. The number of hydrogen-bond donors (Lipinski definition) is 0. The molecular formula is C26H20ClNO3. The summed E-state index contributed by atoms with van der Waals surface area (Å²) in [6.45, 7) is 0. The molecule has 1 fully saturated rings. The maximum Gasteiger partial charge on any atom is 0.271 e. The van der Waals surface area contributed by atoms with Crippen LogP contribution in [0.2, 0.25) is 5.02 Å².